The van der Waals surface area contributed by atoms with Crippen LogP contribution in [-0.2, 0) is 23.4 Å². The summed E-state index contributed by atoms with van der Waals surface area (Å²) in [6.45, 7) is 3.58. The summed E-state index contributed by atoms with van der Waals surface area (Å²) in [5.41, 5.74) is -5.11. The van der Waals surface area contributed by atoms with Crippen LogP contribution in [0.15, 0.2) is 67.3 Å². The van der Waals surface area contributed by atoms with Crippen molar-refractivity contribution < 1.29 is 62.2 Å². The van der Waals surface area contributed by atoms with Crippen LogP contribution in [0.5, 0.6) is 5.75 Å². The first-order chi connectivity index (χ1) is 19.9. The molecule has 0 radical (unpaired) electrons. The Labute approximate surface area is 234 Å². The van der Waals surface area contributed by atoms with Gasteiger partial charge in [0, 0.05) is 11.5 Å². The topological polar surface area (TPSA) is 18.5 Å². The van der Waals surface area contributed by atoms with Gasteiger partial charge in [-0.1, -0.05) is 24.3 Å². The molecule has 0 bridgehead atoms. The van der Waals surface area contributed by atoms with Crippen LogP contribution in [0.1, 0.15) is 23.1 Å². The monoisotopic (exact) mass is 624 g/mol. The van der Waals surface area contributed by atoms with Crippen LogP contribution in [0, 0.1) is 29.1 Å². The highest BCUT2D eigenvalue weighted by atomic mass is 19.4. The lowest BCUT2D eigenvalue weighted by Gasteiger charge is -2.22. The molecule has 0 aromatic heterocycles. The minimum Gasteiger partial charge on any atom is -0.429 e. The number of alkyl halides is 7. The molecular weight excluding hydrogens is 608 g/mol. The van der Waals surface area contributed by atoms with Crippen molar-refractivity contribution in [2.45, 2.75) is 31.4 Å². The molecule has 2 nitrogen and oxygen atoms in total. The molecule has 0 saturated carbocycles. The van der Waals surface area contributed by atoms with E-state index in [2.05, 4.69) is 16.1 Å². The van der Waals surface area contributed by atoms with Crippen molar-refractivity contribution in [3.05, 3.63) is 113 Å². The van der Waals surface area contributed by atoms with E-state index in [-0.39, 0.29) is 41.1 Å². The molecule has 14 heteroatoms. The number of rotatable bonds is 9. The number of allylic oxidation sites excluding steroid dienone is 1. The van der Waals surface area contributed by atoms with Gasteiger partial charge in [0.2, 0.25) is 0 Å². The average molecular weight is 624 g/mol. The van der Waals surface area contributed by atoms with Gasteiger partial charge in [0.05, 0.1) is 11.1 Å². The van der Waals surface area contributed by atoms with E-state index < -0.39 is 75.7 Å². The molecule has 0 aliphatic carbocycles. The molecule has 0 N–H and O–H groups in total. The molecule has 0 aliphatic heterocycles. The van der Waals surface area contributed by atoms with Crippen LogP contribution in [-0.4, -0.2) is 6.36 Å². The van der Waals surface area contributed by atoms with E-state index in [1.165, 1.54) is 12.1 Å². The largest absolute Gasteiger partial charge is 0.527 e. The zero-order valence-corrected chi connectivity index (χ0v) is 21.2. The second kappa shape index (κ2) is 11.5. The highest BCUT2D eigenvalue weighted by Gasteiger charge is 2.48. The lowest BCUT2D eigenvalue weighted by Crippen LogP contribution is -2.29. The van der Waals surface area contributed by atoms with E-state index in [4.69, 9.17) is 0 Å². The van der Waals surface area contributed by atoms with Gasteiger partial charge in [-0.25, -0.2) is 26.7 Å². The van der Waals surface area contributed by atoms with Crippen molar-refractivity contribution in [3.8, 4) is 16.9 Å². The Morgan fingerprint density at radius 1 is 0.698 bits per heavy atom. The van der Waals surface area contributed by atoms with E-state index in [0.717, 1.165) is 11.6 Å². The second-order valence-corrected chi connectivity index (χ2v) is 9.07. The van der Waals surface area contributed by atoms with Crippen LogP contribution in [0.25, 0.3) is 21.9 Å². The summed E-state index contributed by atoms with van der Waals surface area (Å²) in [5, 5.41) is -0.00668. The van der Waals surface area contributed by atoms with Gasteiger partial charge in [-0.15, -0.1) is 19.8 Å². The predicted molar refractivity (Wildman–Crippen MR) is 130 cm³/mol. The van der Waals surface area contributed by atoms with Gasteiger partial charge in [0.1, 0.15) is 40.4 Å². The van der Waals surface area contributed by atoms with E-state index in [9.17, 15) is 48.3 Å². The van der Waals surface area contributed by atoms with Gasteiger partial charge in [-0.05, 0) is 59.7 Å². The molecule has 43 heavy (non-hydrogen) atoms. The summed E-state index contributed by atoms with van der Waals surface area (Å²) in [5.74, 6) is -10.1. The molecule has 0 fully saturated rings. The van der Waals surface area contributed by atoms with Crippen LogP contribution in [0.4, 0.5) is 52.7 Å². The number of fused-ring (bicyclic) bond motifs is 1. The number of benzene rings is 4. The fourth-order valence-electron chi connectivity index (χ4n) is 4.26. The first-order valence-corrected chi connectivity index (χ1v) is 12.0. The Kier molecular flexibility index (Phi) is 8.47. The van der Waals surface area contributed by atoms with Gasteiger partial charge in [0.25, 0.3) is 0 Å². The maximum atomic E-state index is 15.3. The fourth-order valence-corrected chi connectivity index (χ4v) is 4.26. The zero-order chi connectivity index (χ0) is 31.9. The third-order valence-corrected chi connectivity index (χ3v) is 6.10. The van der Waals surface area contributed by atoms with Gasteiger partial charge in [-0.3, -0.25) is 0 Å². The summed E-state index contributed by atoms with van der Waals surface area (Å²) in [6.07, 6.45) is -13.4. The second-order valence-electron chi connectivity index (χ2n) is 9.07. The highest BCUT2D eigenvalue weighted by Crippen LogP contribution is 2.41. The lowest BCUT2D eigenvalue weighted by molar-refractivity contribution is -0.432. The van der Waals surface area contributed by atoms with E-state index >= 15 is 4.39 Å². The van der Waals surface area contributed by atoms with Crippen molar-refractivity contribution in [3.63, 3.8) is 0 Å². The zero-order valence-electron chi connectivity index (χ0n) is 21.2. The highest BCUT2D eigenvalue weighted by molar-refractivity contribution is 5.89. The Morgan fingerprint density at radius 3 is 1.93 bits per heavy atom. The number of halogens is 12. The standard InChI is InChI=1S/C29H16F12O2/c1-2-3-4-14-5-7-18-15(9-14)10-21(31)24(26(18)34)16-11-22(32)25(23(33)12-16)28(37,38)42-17-6-8-19(20(30)13-17)27(35,36)43-29(39,40)41/h2,5-13H,1,3-4H2. The quantitative estimate of drug-likeness (QED) is 0.136. The molecule has 0 aliphatic rings. The Bertz CT molecular complexity index is 1670. The van der Waals surface area contributed by atoms with Crippen molar-refractivity contribution in [1.29, 1.82) is 0 Å². The van der Waals surface area contributed by atoms with Crippen LogP contribution in [0.3, 0.4) is 0 Å². The van der Waals surface area contributed by atoms with Crippen molar-refractivity contribution in [1.82, 2.24) is 0 Å². The smallest absolute Gasteiger partial charge is 0.429 e. The first-order valence-electron chi connectivity index (χ1n) is 12.0. The maximum absolute atomic E-state index is 15.3. The third kappa shape index (κ3) is 6.74. The van der Waals surface area contributed by atoms with Crippen LogP contribution < -0.4 is 4.74 Å². The van der Waals surface area contributed by atoms with Crippen molar-refractivity contribution in [2.24, 2.45) is 0 Å². The summed E-state index contributed by atoms with van der Waals surface area (Å²) < 4.78 is 174. The number of ether oxygens (including phenoxy) is 2. The third-order valence-electron chi connectivity index (χ3n) is 6.10. The van der Waals surface area contributed by atoms with E-state index in [1.807, 2.05) is 0 Å². The average Bonchev–Trinajstić information content (AvgIpc) is 2.84. The maximum Gasteiger partial charge on any atom is 0.527 e. The lowest BCUT2D eigenvalue weighted by atomic mass is 9.96. The fraction of sp³-hybridized carbons (Fsp3) is 0.172. The normalized spacial score (nSPS) is 12.6. The van der Waals surface area contributed by atoms with Gasteiger partial charge >= 0.3 is 18.6 Å². The number of hydrogen-bond donors (Lipinski definition) is 0. The predicted octanol–water partition coefficient (Wildman–Crippen LogP) is 10.0. The summed E-state index contributed by atoms with van der Waals surface area (Å²) >= 11 is 0. The molecular formula is C29H16F12O2. The Morgan fingerprint density at radius 2 is 1.35 bits per heavy atom. The van der Waals surface area contributed by atoms with E-state index in [1.54, 1.807) is 12.1 Å². The molecule has 0 unspecified atom stereocenters. The van der Waals surface area contributed by atoms with Crippen LogP contribution in [0.2, 0.25) is 0 Å². The molecule has 4 aromatic rings. The summed E-state index contributed by atoms with van der Waals surface area (Å²) in [4.78, 5) is 0. The van der Waals surface area contributed by atoms with Gasteiger partial charge in [0.15, 0.2) is 0 Å². The van der Waals surface area contributed by atoms with E-state index in [0.29, 0.717) is 12.8 Å². The molecule has 0 atom stereocenters. The van der Waals surface area contributed by atoms with Crippen molar-refractivity contribution in [2.75, 3.05) is 0 Å². The minimum absolute atomic E-state index is 0.0734. The first kappa shape index (κ1) is 31.7. The molecule has 0 amide bonds. The number of hydrogen-bond acceptors (Lipinski definition) is 2. The van der Waals surface area contributed by atoms with Gasteiger partial charge < -0.3 is 4.74 Å². The van der Waals surface area contributed by atoms with Crippen LogP contribution >= 0.6 is 0 Å². The molecule has 4 rings (SSSR count). The molecule has 0 heterocycles. The minimum atomic E-state index is -5.90. The summed E-state index contributed by atoms with van der Waals surface area (Å²) in [7, 11) is 0. The Balaban J connectivity index is 1.67. The SMILES string of the molecule is C=CCCc1ccc2c(F)c(-c3cc(F)c(C(F)(F)Oc4ccc(C(F)(F)OC(F)(F)F)c(F)c4)c(F)c3)c(F)cc2c1. The summed E-state index contributed by atoms with van der Waals surface area (Å²) in [6, 6.07) is 5.54. The molecule has 4 aromatic carbocycles. The molecule has 228 valence electrons. The molecule has 0 saturated heterocycles. The van der Waals surface area contributed by atoms with Gasteiger partial charge in [-0.2, -0.15) is 17.6 Å². The number of aryl methyl sites for hydroxylation is 1. The Hall–Kier alpha value is -4.20. The van der Waals surface area contributed by atoms with Crippen molar-refractivity contribution >= 4 is 10.8 Å². The molecule has 0 spiro atoms.